The number of ether oxygens (including phenoxy) is 1. The number of methoxy groups -OCH3 is 1. The molecule has 0 saturated carbocycles. The van der Waals surface area contributed by atoms with E-state index in [9.17, 15) is 0 Å². The number of nitrogens with one attached hydrogen (secondary N) is 2. The first-order valence-electron chi connectivity index (χ1n) is 5.20. The third-order valence-corrected chi connectivity index (χ3v) is 2.41. The number of aromatic nitrogens is 2. The second-order valence-electron chi connectivity index (χ2n) is 3.08. The summed E-state index contributed by atoms with van der Waals surface area (Å²) in [7, 11) is 1.68. The van der Waals surface area contributed by atoms with Crippen molar-refractivity contribution in [2.75, 3.05) is 43.7 Å². The van der Waals surface area contributed by atoms with Crippen molar-refractivity contribution >= 4 is 23.4 Å². The molecule has 1 rings (SSSR count). The molecule has 5 nitrogen and oxygen atoms in total. The van der Waals surface area contributed by atoms with E-state index in [4.69, 9.17) is 4.74 Å². The van der Waals surface area contributed by atoms with E-state index in [1.807, 2.05) is 19.2 Å². The lowest BCUT2D eigenvalue weighted by Crippen LogP contribution is -2.10. The predicted molar refractivity (Wildman–Crippen MR) is 68.3 cm³/mol. The van der Waals surface area contributed by atoms with Crippen LogP contribution in [0, 0.1) is 0 Å². The average Bonchev–Trinajstić information content (AvgIpc) is 2.29. The van der Waals surface area contributed by atoms with Gasteiger partial charge in [-0.15, -0.1) is 0 Å². The Balaban J connectivity index is 2.69. The molecule has 0 amide bonds. The highest BCUT2D eigenvalue weighted by Crippen LogP contribution is 2.16. The van der Waals surface area contributed by atoms with Gasteiger partial charge in [0.05, 0.1) is 6.61 Å². The zero-order valence-electron chi connectivity index (χ0n) is 9.91. The van der Waals surface area contributed by atoms with Crippen molar-refractivity contribution in [2.24, 2.45) is 0 Å². The number of hydrogen-bond donors (Lipinski definition) is 2. The third kappa shape index (κ3) is 4.24. The van der Waals surface area contributed by atoms with Gasteiger partial charge in [-0.1, -0.05) is 11.8 Å². The Labute approximate surface area is 100 Å². The standard InChI is InChI=1S/C10H18N4OS/c1-4-11-8-7-9(12-5-6-15-2)14-10(13-8)16-3/h7H,4-6H2,1-3H3,(H2,11,12,13,14). The van der Waals surface area contributed by atoms with Crippen LogP contribution in [0.4, 0.5) is 11.6 Å². The Morgan fingerprint density at radius 3 is 2.56 bits per heavy atom. The van der Waals surface area contributed by atoms with Gasteiger partial charge in [-0.25, -0.2) is 9.97 Å². The van der Waals surface area contributed by atoms with Crippen molar-refractivity contribution in [1.82, 2.24) is 9.97 Å². The van der Waals surface area contributed by atoms with Crippen LogP contribution < -0.4 is 10.6 Å². The van der Waals surface area contributed by atoms with Crippen LogP contribution in [0.5, 0.6) is 0 Å². The van der Waals surface area contributed by atoms with E-state index in [0.717, 1.165) is 29.9 Å². The maximum Gasteiger partial charge on any atom is 0.191 e. The van der Waals surface area contributed by atoms with Crippen LogP contribution in [0.1, 0.15) is 6.92 Å². The summed E-state index contributed by atoms with van der Waals surface area (Å²) in [6, 6.07) is 1.90. The summed E-state index contributed by atoms with van der Waals surface area (Å²) in [5, 5.41) is 7.13. The molecule has 0 aromatic carbocycles. The number of thioether (sulfide) groups is 1. The molecular weight excluding hydrogens is 224 g/mol. The Kier molecular flexibility index (Phi) is 5.95. The van der Waals surface area contributed by atoms with Crippen molar-refractivity contribution < 1.29 is 4.74 Å². The SMILES string of the molecule is CCNc1cc(NCCOC)nc(SC)n1. The van der Waals surface area contributed by atoms with Gasteiger partial charge in [0.15, 0.2) is 5.16 Å². The zero-order valence-corrected chi connectivity index (χ0v) is 10.7. The summed E-state index contributed by atoms with van der Waals surface area (Å²) in [5.74, 6) is 1.68. The van der Waals surface area contributed by atoms with Crippen molar-refractivity contribution in [3.8, 4) is 0 Å². The molecule has 0 atom stereocenters. The van der Waals surface area contributed by atoms with Gasteiger partial charge < -0.3 is 15.4 Å². The molecule has 0 radical (unpaired) electrons. The third-order valence-electron chi connectivity index (χ3n) is 1.86. The molecule has 6 heteroatoms. The summed E-state index contributed by atoms with van der Waals surface area (Å²) in [6.45, 7) is 4.29. The Bertz CT molecular complexity index is 322. The topological polar surface area (TPSA) is 59.1 Å². The van der Waals surface area contributed by atoms with E-state index in [1.165, 1.54) is 11.8 Å². The fourth-order valence-corrected chi connectivity index (χ4v) is 1.54. The summed E-state index contributed by atoms with van der Waals surface area (Å²) in [6.07, 6.45) is 1.96. The monoisotopic (exact) mass is 242 g/mol. The first kappa shape index (κ1) is 13.1. The molecule has 0 aliphatic rings. The minimum Gasteiger partial charge on any atom is -0.383 e. The molecule has 90 valence electrons. The van der Waals surface area contributed by atoms with Gasteiger partial charge in [-0.2, -0.15) is 0 Å². The molecule has 16 heavy (non-hydrogen) atoms. The van der Waals surface area contributed by atoms with Gasteiger partial charge >= 0.3 is 0 Å². The fourth-order valence-electron chi connectivity index (χ4n) is 1.16. The summed E-state index contributed by atoms with van der Waals surface area (Å²) < 4.78 is 4.97. The Morgan fingerprint density at radius 1 is 1.31 bits per heavy atom. The van der Waals surface area contributed by atoms with Gasteiger partial charge in [0.2, 0.25) is 0 Å². The highest BCUT2D eigenvalue weighted by molar-refractivity contribution is 7.98. The largest absolute Gasteiger partial charge is 0.383 e. The normalized spacial score (nSPS) is 10.2. The molecule has 0 saturated heterocycles. The lowest BCUT2D eigenvalue weighted by atomic mass is 10.5. The number of hydrogen-bond acceptors (Lipinski definition) is 6. The highest BCUT2D eigenvalue weighted by Gasteiger charge is 2.02. The van der Waals surface area contributed by atoms with Crippen LogP contribution >= 0.6 is 11.8 Å². The van der Waals surface area contributed by atoms with Crippen molar-refractivity contribution in [3.05, 3.63) is 6.07 Å². The lowest BCUT2D eigenvalue weighted by molar-refractivity contribution is 0.210. The predicted octanol–water partition coefficient (Wildman–Crippen LogP) is 1.69. The fraction of sp³-hybridized carbons (Fsp3) is 0.600. The van der Waals surface area contributed by atoms with Gasteiger partial charge in [0.25, 0.3) is 0 Å². The number of nitrogens with zero attached hydrogens (tertiary/aromatic N) is 2. The first-order valence-corrected chi connectivity index (χ1v) is 6.42. The van der Waals surface area contributed by atoms with E-state index in [2.05, 4.69) is 20.6 Å². The minimum absolute atomic E-state index is 0.662. The minimum atomic E-state index is 0.662. The zero-order chi connectivity index (χ0) is 11.8. The molecule has 0 fully saturated rings. The molecule has 1 aromatic heterocycles. The van der Waals surface area contributed by atoms with Crippen LogP contribution in [0.2, 0.25) is 0 Å². The van der Waals surface area contributed by atoms with Gasteiger partial charge in [0, 0.05) is 26.3 Å². The quantitative estimate of drug-likeness (QED) is 0.431. The molecule has 2 N–H and O–H groups in total. The van der Waals surface area contributed by atoms with E-state index in [1.54, 1.807) is 7.11 Å². The summed E-state index contributed by atoms with van der Waals surface area (Å²) in [4.78, 5) is 8.69. The van der Waals surface area contributed by atoms with Gasteiger partial charge in [-0.3, -0.25) is 0 Å². The number of rotatable bonds is 7. The van der Waals surface area contributed by atoms with Gasteiger partial charge in [-0.05, 0) is 13.2 Å². The second kappa shape index (κ2) is 7.29. The van der Waals surface area contributed by atoms with E-state index in [0.29, 0.717) is 6.61 Å². The first-order chi connectivity index (χ1) is 7.80. The van der Waals surface area contributed by atoms with Crippen LogP contribution in [0.15, 0.2) is 11.2 Å². The van der Waals surface area contributed by atoms with Crippen molar-refractivity contribution in [3.63, 3.8) is 0 Å². The lowest BCUT2D eigenvalue weighted by Gasteiger charge is -2.09. The maximum absolute atomic E-state index is 4.97. The summed E-state index contributed by atoms with van der Waals surface area (Å²) >= 11 is 1.53. The second-order valence-corrected chi connectivity index (χ2v) is 3.85. The molecule has 0 unspecified atom stereocenters. The van der Waals surface area contributed by atoms with Crippen molar-refractivity contribution in [1.29, 1.82) is 0 Å². The van der Waals surface area contributed by atoms with Crippen LogP contribution in [0.25, 0.3) is 0 Å². The Hall–Kier alpha value is -1.01. The average molecular weight is 242 g/mol. The number of anilines is 2. The summed E-state index contributed by atoms with van der Waals surface area (Å²) in [5.41, 5.74) is 0. The molecule has 0 aliphatic carbocycles. The van der Waals surface area contributed by atoms with Crippen LogP contribution in [-0.4, -0.2) is 43.0 Å². The molecule has 0 bridgehead atoms. The van der Waals surface area contributed by atoms with Crippen LogP contribution in [0.3, 0.4) is 0 Å². The van der Waals surface area contributed by atoms with E-state index < -0.39 is 0 Å². The van der Waals surface area contributed by atoms with Crippen LogP contribution in [-0.2, 0) is 4.74 Å². The Morgan fingerprint density at radius 2 is 2.00 bits per heavy atom. The van der Waals surface area contributed by atoms with Gasteiger partial charge in [0.1, 0.15) is 11.6 Å². The molecule has 1 aromatic rings. The molecule has 1 heterocycles. The van der Waals surface area contributed by atoms with E-state index in [-0.39, 0.29) is 0 Å². The highest BCUT2D eigenvalue weighted by atomic mass is 32.2. The molecular formula is C10H18N4OS. The smallest absolute Gasteiger partial charge is 0.191 e. The van der Waals surface area contributed by atoms with Crippen molar-refractivity contribution in [2.45, 2.75) is 12.1 Å². The molecule has 0 spiro atoms. The maximum atomic E-state index is 4.97. The molecule has 0 aliphatic heterocycles. The van der Waals surface area contributed by atoms with E-state index >= 15 is 0 Å².